The van der Waals surface area contributed by atoms with Gasteiger partial charge in [0, 0.05) is 52.9 Å². The highest BCUT2D eigenvalue weighted by Gasteiger charge is 2.21. The first-order valence-corrected chi connectivity index (χ1v) is 13.2. The van der Waals surface area contributed by atoms with E-state index in [4.69, 9.17) is 21.3 Å². The van der Waals surface area contributed by atoms with Crippen molar-refractivity contribution in [1.82, 2.24) is 5.32 Å². The van der Waals surface area contributed by atoms with Crippen LogP contribution in [-0.2, 0) is 4.79 Å². The van der Waals surface area contributed by atoms with Crippen LogP contribution >= 0.6 is 0 Å². The van der Waals surface area contributed by atoms with Crippen LogP contribution in [0.15, 0.2) is 89.3 Å². The summed E-state index contributed by atoms with van der Waals surface area (Å²) in [6.07, 6.45) is 2.63. The first-order chi connectivity index (χ1) is 19.4. The summed E-state index contributed by atoms with van der Waals surface area (Å²) < 4.78 is 6.09. The lowest BCUT2D eigenvalue weighted by atomic mass is 9.90. The Morgan fingerprint density at radius 1 is 0.825 bits per heavy atom. The lowest BCUT2D eigenvalue weighted by Crippen LogP contribution is -2.25. The first-order valence-electron chi connectivity index (χ1n) is 13.2. The lowest BCUT2D eigenvalue weighted by molar-refractivity contribution is -0.116. The van der Waals surface area contributed by atoms with Crippen molar-refractivity contribution >= 4 is 39.8 Å². The molecule has 0 atom stereocenters. The number of rotatable bonds is 9. The van der Waals surface area contributed by atoms with E-state index in [9.17, 15) is 9.59 Å². The minimum atomic E-state index is -0.178. The number of hydrogen-bond acceptors (Lipinski definition) is 6. The highest BCUT2D eigenvalue weighted by molar-refractivity contribution is 6.09. The fourth-order valence-corrected chi connectivity index (χ4v) is 4.80. The highest BCUT2D eigenvalue weighted by Crippen LogP contribution is 2.41. The Morgan fingerprint density at radius 3 is 2.48 bits per heavy atom. The predicted octanol–water partition coefficient (Wildman–Crippen LogP) is 5.78. The molecule has 0 bridgehead atoms. The van der Waals surface area contributed by atoms with E-state index in [0.29, 0.717) is 58.7 Å². The van der Waals surface area contributed by atoms with Crippen molar-refractivity contribution in [2.75, 3.05) is 23.3 Å². The summed E-state index contributed by atoms with van der Waals surface area (Å²) in [4.78, 5) is 25.6. The third kappa shape index (κ3) is 5.81. The van der Waals surface area contributed by atoms with Gasteiger partial charge < -0.3 is 31.9 Å². The second kappa shape index (κ2) is 11.7. The van der Waals surface area contributed by atoms with E-state index in [1.165, 1.54) is 0 Å². The fourth-order valence-electron chi connectivity index (χ4n) is 4.80. The second-order valence-electron chi connectivity index (χ2n) is 9.69. The van der Waals surface area contributed by atoms with Crippen molar-refractivity contribution in [2.24, 2.45) is 0 Å². The standard InChI is InChI=1S/C32H31N5O3/c33-20-13-15-24-28(18-20)40-29-19-21(34)14-16-25(29)31(24)22-8-3-4-9-23(22)32(39)36-17-7-1-2-12-30(38)37-27-11-6-5-10-26(27)35/h3-6,8-11,13-16,18-19,33H,1-2,7,12,17,34-35H2,(H,36,39)(H,37,38). The number of hydrogen-bond donors (Lipinski definition) is 5. The monoisotopic (exact) mass is 533 g/mol. The summed E-state index contributed by atoms with van der Waals surface area (Å²) in [5, 5.41) is 15.1. The molecule has 2 amide bonds. The number of carbonyl (C=O) groups is 2. The van der Waals surface area contributed by atoms with Gasteiger partial charge in [0.2, 0.25) is 5.91 Å². The Balaban J connectivity index is 1.27. The molecule has 1 aliphatic heterocycles. The van der Waals surface area contributed by atoms with Crippen LogP contribution in [0.25, 0.3) is 33.4 Å². The van der Waals surface area contributed by atoms with Gasteiger partial charge in [0.05, 0.1) is 16.7 Å². The maximum absolute atomic E-state index is 13.3. The number of amides is 2. The molecule has 0 fully saturated rings. The van der Waals surface area contributed by atoms with Crippen molar-refractivity contribution < 1.29 is 14.0 Å². The van der Waals surface area contributed by atoms with Gasteiger partial charge in [0.15, 0.2) is 0 Å². The lowest BCUT2D eigenvalue weighted by Gasteiger charge is -2.18. The zero-order chi connectivity index (χ0) is 28.1. The summed E-state index contributed by atoms with van der Waals surface area (Å²) in [6.45, 7) is 0.491. The SMILES string of the molecule is N=c1ccc2c(-c3ccccc3C(=O)NCCCCCC(=O)Nc3ccccc3N)c3ccc(N)cc3oc-2c1. The van der Waals surface area contributed by atoms with E-state index in [-0.39, 0.29) is 11.8 Å². The van der Waals surface area contributed by atoms with Gasteiger partial charge in [-0.3, -0.25) is 9.59 Å². The topological polar surface area (TPSA) is 147 Å². The summed E-state index contributed by atoms with van der Waals surface area (Å²) in [6, 6.07) is 25.3. The molecule has 7 N–H and O–H groups in total. The molecule has 3 aromatic carbocycles. The zero-order valence-corrected chi connectivity index (χ0v) is 22.0. The van der Waals surface area contributed by atoms with Crippen LogP contribution < -0.4 is 27.5 Å². The maximum atomic E-state index is 13.3. The average Bonchev–Trinajstić information content (AvgIpc) is 2.94. The van der Waals surface area contributed by atoms with Gasteiger partial charge in [0.25, 0.3) is 5.91 Å². The molecule has 1 aliphatic carbocycles. The fraction of sp³-hybridized carbons (Fsp3) is 0.156. The van der Waals surface area contributed by atoms with Crippen molar-refractivity contribution in [3.8, 4) is 22.5 Å². The minimum absolute atomic E-state index is 0.0794. The van der Waals surface area contributed by atoms with Crippen LogP contribution in [0.3, 0.4) is 0 Å². The van der Waals surface area contributed by atoms with Crippen LogP contribution in [0.5, 0.6) is 0 Å². The van der Waals surface area contributed by atoms with Crippen molar-refractivity contribution in [3.05, 3.63) is 95.8 Å². The molecule has 5 rings (SSSR count). The van der Waals surface area contributed by atoms with E-state index in [0.717, 1.165) is 34.9 Å². The number of benzene rings is 4. The number of unbranched alkanes of at least 4 members (excludes halogenated alkanes) is 2. The Hall–Kier alpha value is -5.11. The number of nitrogens with one attached hydrogen (secondary N) is 3. The Kier molecular flexibility index (Phi) is 7.77. The van der Waals surface area contributed by atoms with Gasteiger partial charge >= 0.3 is 0 Å². The first kappa shape index (κ1) is 26.5. The van der Waals surface area contributed by atoms with E-state index in [1.807, 2.05) is 54.6 Å². The normalized spacial score (nSPS) is 11.0. The predicted molar refractivity (Wildman–Crippen MR) is 159 cm³/mol. The molecule has 40 heavy (non-hydrogen) atoms. The van der Waals surface area contributed by atoms with Crippen LogP contribution in [0.2, 0.25) is 0 Å². The van der Waals surface area contributed by atoms with Gasteiger partial charge in [-0.05, 0) is 60.9 Å². The number of nitrogen functional groups attached to an aromatic ring is 2. The molecule has 1 heterocycles. The van der Waals surface area contributed by atoms with E-state index >= 15 is 0 Å². The summed E-state index contributed by atoms with van der Waals surface area (Å²) in [5.41, 5.74) is 17.2. The number of carbonyl (C=O) groups excluding carboxylic acids is 2. The molecule has 2 aliphatic rings. The molecule has 0 aromatic heterocycles. The molecule has 0 unspecified atom stereocenters. The minimum Gasteiger partial charge on any atom is -0.456 e. The van der Waals surface area contributed by atoms with Crippen molar-refractivity contribution in [2.45, 2.75) is 25.7 Å². The molecule has 0 saturated heterocycles. The maximum Gasteiger partial charge on any atom is 0.251 e. The van der Waals surface area contributed by atoms with E-state index < -0.39 is 0 Å². The smallest absolute Gasteiger partial charge is 0.251 e. The van der Waals surface area contributed by atoms with E-state index in [2.05, 4.69) is 10.6 Å². The molecule has 8 heteroatoms. The summed E-state index contributed by atoms with van der Waals surface area (Å²) >= 11 is 0. The Morgan fingerprint density at radius 2 is 1.62 bits per heavy atom. The average molecular weight is 534 g/mol. The van der Waals surface area contributed by atoms with Crippen LogP contribution in [0.1, 0.15) is 36.0 Å². The molecular weight excluding hydrogens is 502 g/mol. The zero-order valence-electron chi connectivity index (χ0n) is 22.0. The van der Waals surface area contributed by atoms with Crippen LogP contribution in [-0.4, -0.2) is 18.4 Å². The summed E-state index contributed by atoms with van der Waals surface area (Å²) in [5.74, 6) is 0.293. The van der Waals surface area contributed by atoms with Gasteiger partial charge in [0.1, 0.15) is 11.3 Å². The van der Waals surface area contributed by atoms with Gasteiger partial charge in [-0.2, -0.15) is 0 Å². The number of anilines is 3. The molecular formula is C32H31N5O3. The number of para-hydroxylation sites is 2. The van der Waals surface area contributed by atoms with Crippen LogP contribution in [0, 0.1) is 5.41 Å². The van der Waals surface area contributed by atoms with Crippen molar-refractivity contribution in [1.29, 1.82) is 5.41 Å². The molecule has 202 valence electrons. The Labute approximate surface area is 231 Å². The molecule has 0 radical (unpaired) electrons. The molecule has 3 aromatic rings. The number of nitrogens with two attached hydrogens (primary N) is 2. The largest absolute Gasteiger partial charge is 0.456 e. The molecule has 0 saturated carbocycles. The Bertz CT molecular complexity index is 1730. The van der Waals surface area contributed by atoms with Gasteiger partial charge in [-0.1, -0.05) is 36.8 Å². The van der Waals surface area contributed by atoms with Crippen molar-refractivity contribution in [3.63, 3.8) is 0 Å². The highest BCUT2D eigenvalue weighted by atomic mass is 16.3. The molecule has 8 nitrogen and oxygen atoms in total. The summed E-state index contributed by atoms with van der Waals surface area (Å²) in [7, 11) is 0. The van der Waals surface area contributed by atoms with Gasteiger partial charge in [-0.15, -0.1) is 0 Å². The number of fused-ring (bicyclic) bond motifs is 2. The third-order valence-electron chi connectivity index (χ3n) is 6.79. The van der Waals surface area contributed by atoms with Gasteiger partial charge in [-0.25, -0.2) is 0 Å². The quantitative estimate of drug-likeness (QED) is 0.0926. The van der Waals surface area contributed by atoms with Crippen LogP contribution in [0.4, 0.5) is 17.1 Å². The van der Waals surface area contributed by atoms with E-state index in [1.54, 1.807) is 30.3 Å². The third-order valence-corrected chi connectivity index (χ3v) is 6.79. The molecule has 0 spiro atoms. The second-order valence-corrected chi connectivity index (χ2v) is 9.69.